The van der Waals surface area contributed by atoms with Crippen LogP contribution in [0.4, 0.5) is 0 Å². The first-order valence-electron chi connectivity index (χ1n) is 4.32. The van der Waals surface area contributed by atoms with Crippen molar-refractivity contribution in [3.63, 3.8) is 0 Å². The molecule has 0 unspecified atom stereocenters. The summed E-state index contributed by atoms with van der Waals surface area (Å²) in [5, 5.41) is 9.51. The van der Waals surface area contributed by atoms with Crippen LogP contribution >= 0.6 is 12.4 Å². The average Bonchev–Trinajstić information content (AvgIpc) is 2.12. The van der Waals surface area contributed by atoms with Gasteiger partial charge in [-0.15, -0.1) is 12.4 Å². The molecule has 0 aromatic heterocycles. The van der Waals surface area contributed by atoms with Gasteiger partial charge in [0.15, 0.2) is 0 Å². The lowest BCUT2D eigenvalue weighted by atomic mass is 10.0. The van der Waals surface area contributed by atoms with E-state index in [1.54, 1.807) is 0 Å². The molecule has 0 aliphatic rings. The van der Waals surface area contributed by atoms with Crippen molar-refractivity contribution >= 4 is 12.4 Å². The van der Waals surface area contributed by atoms with E-state index in [9.17, 15) is 5.11 Å². The number of halogens is 1. The molecule has 5 N–H and O–H groups in total. The van der Waals surface area contributed by atoms with E-state index in [-0.39, 0.29) is 18.4 Å². The van der Waals surface area contributed by atoms with Gasteiger partial charge in [0.25, 0.3) is 0 Å². The topological polar surface area (TPSA) is 72.3 Å². The Morgan fingerprint density at radius 2 is 1.71 bits per heavy atom. The summed E-state index contributed by atoms with van der Waals surface area (Å²) in [6, 6.07) is 3.61. The van der Waals surface area contributed by atoms with Crippen molar-refractivity contribution in [1.82, 2.24) is 0 Å². The van der Waals surface area contributed by atoms with E-state index in [2.05, 4.69) is 0 Å². The second-order valence-electron chi connectivity index (χ2n) is 3.35. The summed E-state index contributed by atoms with van der Waals surface area (Å²) in [6.07, 6.45) is 0. The van der Waals surface area contributed by atoms with Gasteiger partial charge in [0, 0.05) is 12.6 Å². The number of aromatic hydroxyl groups is 1. The molecule has 0 aliphatic heterocycles. The Labute approximate surface area is 90.5 Å². The lowest BCUT2D eigenvalue weighted by Gasteiger charge is -2.12. The van der Waals surface area contributed by atoms with E-state index in [0.717, 1.165) is 16.7 Å². The lowest BCUT2D eigenvalue weighted by molar-refractivity contribution is 0.466. The number of hydrogen-bond donors (Lipinski definition) is 3. The molecule has 0 bridgehead atoms. The summed E-state index contributed by atoms with van der Waals surface area (Å²) in [5.41, 5.74) is 13.9. The number of nitrogens with two attached hydrogens (primary N) is 2. The molecule has 1 rings (SSSR count). The predicted molar refractivity (Wildman–Crippen MR) is 60.8 cm³/mol. The van der Waals surface area contributed by atoms with Crippen LogP contribution in [0.2, 0.25) is 0 Å². The van der Waals surface area contributed by atoms with E-state index < -0.39 is 0 Å². The third-order valence-electron chi connectivity index (χ3n) is 2.20. The van der Waals surface area contributed by atoms with E-state index in [4.69, 9.17) is 11.5 Å². The minimum Gasteiger partial charge on any atom is -0.507 e. The molecule has 0 saturated carbocycles. The highest BCUT2D eigenvalue weighted by molar-refractivity contribution is 5.85. The van der Waals surface area contributed by atoms with Crippen LogP contribution in [-0.4, -0.2) is 11.7 Å². The summed E-state index contributed by atoms with van der Waals surface area (Å²) < 4.78 is 0. The quantitative estimate of drug-likeness (QED) is 0.700. The molecular formula is C10H17ClN2O. The summed E-state index contributed by atoms with van der Waals surface area (Å²) >= 11 is 0. The first kappa shape index (κ1) is 13.2. The van der Waals surface area contributed by atoms with Crippen LogP contribution in [0.1, 0.15) is 22.7 Å². The van der Waals surface area contributed by atoms with E-state index in [0.29, 0.717) is 12.3 Å². The van der Waals surface area contributed by atoms with Crippen molar-refractivity contribution in [2.45, 2.75) is 19.9 Å². The van der Waals surface area contributed by atoms with Crippen LogP contribution in [0.15, 0.2) is 12.1 Å². The maximum absolute atomic E-state index is 9.51. The molecule has 0 heterocycles. The second-order valence-corrected chi connectivity index (χ2v) is 3.35. The third-order valence-corrected chi connectivity index (χ3v) is 2.20. The summed E-state index contributed by atoms with van der Waals surface area (Å²) in [5.74, 6) is 0.341. The molecule has 14 heavy (non-hydrogen) atoms. The summed E-state index contributed by atoms with van der Waals surface area (Å²) in [7, 11) is 0. The molecule has 0 spiro atoms. The minimum absolute atomic E-state index is 0. The van der Waals surface area contributed by atoms with E-state index in [1.807, 2.05) is 26.0 Å². The van der Waals surface area contributed by atoms with Crippen LogP contribution in [-0.2, 0) is 0 Å². The van der Waals surface area contributed by atoms with Crippen molar-refractivity contribution in [3.8, 4) is 5.75 Å². The highest BCUT2D eigenvalue weighted by atomic mass is 35.5. The molecule has 1 aromatic rings. The minimum atomic E-state index is -0.141. The fourth-order valence-electron chi connectivity index (χ4n) is 1.34. The lowest BCUT2D eigenvalue weighted by Crippen LogP contribution is -2.20. The second kappa shape index (κ2) is 5.20. The van der Waals surface area contributed by atoms with Gasteiger partial charge in [-0.2, -0.15) is 0 Å². The van der Waals surface area contributed by atoms with Crippen molar-refractivity contribution in [2.24, 2.45) is 11.5 Å². The Bertz CT molecular complexity index is 292. The van der Waals surface area contributed by atoms with Crippen LogP contribution in [0, 0.1) is 13.8 Å². The zero-order valence-corrected chi connectivity index (χ0v) is 9.27. The zero-order chi connectivity index (χ0) is 10.0. The average molecular weight is 217 g/mol. The van der Waals surface area contributed by atoms with Crippen molar-refractivity contribution in [2.75, 3.05) is 6.54 Å². The van der Waals surface area contributed by atoms with Gasteiger partial charge in [-0.3, -0.25) is 0 Å². The smallest absolute Gasteiger partial charge is 0.121 e. The van der Waals surface area contributed by atoms with Gasteiger partial charge < -0.3 is 16.6 Å². The van der Waals surface area contributed by atoms with Crippen LogP contribution in [0.5, 0.6) is 5.75 Å². The molecule has 0 aliphatic carbocycles. The number of hydrogen-bond acceptors (Lipinski definition) is 3. The van der Waals surface area contributed by atoms with Gasteiger partial charge in [0.05, 0.1) is 0 Å². The monoisotopic (exact) mass is 216 g/mol. The first-order valence-corrected chi connectivity index (χ1v) is 4.32. The van der Waals surface area contributed by atoms with Gasteiger partial charge in [0.1, 0.15) is 5.75 Å². The third kappa shape index (κ3) is 2.61. The number of phenols is 1. The molecule has 4 heteroatoms. The van der Waals surface area contributed by atoms with Gasteiger partial charge in [-0.05, 0) is 30.5 Å². The summed E-state index contributed by atoms with van der Waals surface area (Å²) in [6.45, 7) is 4.13. The van der Waals surface area contributed by atoms with Crippen LogP contribution in [0.3, 0.4) is 0 Å². The van der Waals surface area contributed by atoms with Gasteiger partial charge >= 0.3 is 0 Å². The van der Waals surface area contributed by atoms with E-state index in [1.165, 1.54) is 0 Å². The SMILES string of the molecule is Cc1cc([C@H](N)CN)cc(C)c1O.Cl. The number of benzene rings is 1. The van der Waals surface area contributed by atoms with Crippen LogP contribution < -0.4 is 11.5 Å². The Kier molecular flexibility index (Phi) is 4.91. The number of phenolic OH excluding ortho intramolecular Hbond substituents is 1. The predicted octanol–water partition coefficient (Wildman–Crippen LogP) is 1.39. The zero-order valence-electron chi connectivity index (χ0n) is 8.45. The molecule has 0 fully saturated rings. The van der Waals surface area contributed by atoms with E-state index >= 15 is 0 Å². The molecule has 1 atom stereocenters. The molecule has 80 valence electrons. The van der Waals surface area contributed by atoms with Crippen LogP contribution in [0.25, 0.3) is 0 Å². The Balaban J connectivity index is 0.00000169. The van der Waals surface area contributed by atoms with Crippen molar-refractivity contribution < 1.29 is 5.11 Å². The fraction of sp³-hybridized carbons (Fsp3) is 0.400. The Hall–Kier alpha value is -0.770. The number of rotatable bonds is 2. The number of aryl methyl sites for hydroxylation is 2. The first-order chi connectivity index (χ1) is 6.06. The highest BCUT2D eigenvalue weighted by Gasteiger charge is 2.07. The highest BCUT2D eigenvalue weighted by Crippen LogP contribution is 2.24. The normalized spacial score (nSPS) is 12.0. The van der Waals surface area contributed by atoms with Gasteiger partial charge in [-0.1, -0.05) is 12.1 Å². The molecule has 0 saturated heterocycles. The van der Waals surface area contributed by atoms with Crippen molar-refractivity contribution in [3.05, 3.63) is 28.8 Å². The molecular weight excluding hydrogens is 200 g/mol. The van der Waals surface area contributed by atoms with Crippen molar-refractivity contribution in [1.29, 1.82) is 0 Å². The summed E-state index contributed by atoms with van der Waals surface area (Å²) in [4.78, 5) is 0. The molecule has 3 nitrogen and oxygen atoms in total. The fourth-order valence-corrected chi connectivity index (χ4v) is 1.34. The Morgan fingerprint density at radius 3 is 2.07 bits per heavy atom. The largest absolute Gasteiger partial charge is 0.507 e. The Morgan fingerprint density at radius 1 is 1.29 bits per heavy atom. The molecule has 1 aromatic carbocycles. The molecule has 0 radical (unpaired) electrons. The van der Waals surface area contributed by atoms with Gasteiger partial charge in [-0.25, -0.2) is 0 Å². The van der Waals surface area contributed by atoms with Gasteiger partial charge in [0.2, 0.25) is 0 Å². The maximum atomic E-state index is 9.51. The maximum Gasteiger partial charge on any atom is 0.121 e. The molecule has 0 amide bonds. The standard InChI is InChI=1S/C10H16N2O.ClH/c1-6-3-8(9(12)5-11)4-7(2)10(6)13;/h3-4,9,13H,5,11-12H2,1-2H3;1H/t9-;/m1./s1.